The van der Waals surface area contributed by atoms with Gasteiger partial charge in [0.15, 0.2) is 0 Å². The van der Waals surface area contributed by atoms with Gasteiger partial charge >= 0.3 is 6.09 Å². The zero-order valence-corrected chi connectivity index (χ0v) is 12.3. The molecule has 5 nitrogen and oxygen atoms in total. The normalized spacial score (nSPS) is 24.7. The van der Waals surface area contributed by atoms with E-state index in [-0.39, 0.29) is 6.09 Å². The van der Waals surface area contributed by atoms with E-state index in [1.165, 1.54) is 0 Å². The van der Waals surface area contributed by atoms with Gasteiger partial charge in [0.1, 0.15) is 5.60 Å². The summed E-state index contributed by atoms with van der Waals surface area (Å²) >= 11 is 0. The highest BCUT2D eigenvalue weighted by molar-refractivity contribution is 5.68. The molecule has 1 amide bonds. The molecule has 1 aliphatic rings. The molecule has 0 saturated carbocycles. The molecule has 0 aromatic carbocycles. The van der Waals surface area contributed by atoms with Gasteiger partial charge in [-0.2, -0.15) is 0 Å². The lowest BCUT2D eigenvalue weighted by Crippen LogP contribution is -2.41. The van der Waals surface area contributed by atoms with Gasteiger partial charge in [-0.25, -0.2) is 4.79 Å². The number of carbonyl (C=O) groups excluding carboxylic acids is 1. The molecular formula is C13H27N3O2. The average Bonchev–Trinajstić information content (AvgIpc) is 2.69. The number of nitrogens with zero attached hydrogens (tertiary/aromatic N) is 2. The molecule has 0 radical (unpaired) electrons. The molecule has 1 heterocycles. The molecule has 18 heavy (non-hydrogen) atoms. The molecule has 1 aliphatic heterocycles. The second-order valence-corrected chi connectivity index (χ2v) is 6.02. The van der Waals surface area contributed by atoms with Gasteiger partial charge < -0.3 is 20.3 Å². The number of likely N-dealkylation sites (tertiary alicyclic amines) is 1. The zero-order chi connectivity index (χ0) is 13.9. The SMILES string of the molecule is CCN(C)[C@H]1CN(C(=O)OC(C)(C)C)C[C@@H]1CN. The topological polar surface area (TPSA) is 58.8 Å². The average molecular weight is 257 g/mol. The minimum atomic E-state index is -0.440. The Bertz CT molecular complexity index is 288. The third kappa shape index (κ3) is 3.85. The molecule has 0 aromatic rings. The van der Waals surface area contributed by atoms with Gasteiger partial charge in [0.2, 0.25) is 0 Å². The maximum Gasteiger partial charge on any atom is 0.410 e. The van der Waals surface area contributed by atoms with Crippen LogP contribution in [-0.4, -0.2) is 60.8 Å². The number of carbonyl (C=O) groups is 1. The summed E-state index contributed by atoms with van der Waals surface area (Å²) in [4.78, 5) is 16.1. The Morgan fingerprint density at radius 2 is 2.06 bits per heavy atom. The molecule has 5 heteroatoms. The fourth-order valence-electron chi connectivity index (χ4n) is 2.30. The largest absolute Gasteiger partial charge is 0.444 e. The summed E-state index contributed by atoms with van der Waals surface area (Å²) in [7, 11) is 2.08. The predicted molar refractivity (Wildman–Crippen MR) is 72.4 cm³/mol. The molecule has 1 rings (SSSR count). The zero-order valence-electron chi connectivity index (χ0n) is 12.3. The van der Waals surface area contributed by atoms with Crippen molar-refractivity contribution < 1.29 is 9.53 Å². The monoisotopic (exact) mass is 257 g/mol. The first-order chi connectivity index (χ1) is 8.28. The van der Waals surface area contributed by atoms with E-state index in [9.17, 15) is 4.79 Å². The fourth-order valence-corrected chi connectivity index (χ4v) is 2.30. The molecule has 2 atom stereocenters. The minimum Gasteiger partial charge on any atom is -0.444 e. The van der Waals surface area contributed by atoms with Gasteiger partial charge in [-0.3, -0.25) is 0 Å². The van der Waals surface area contributed by atoms with E-state index in [0.29, 0.717) is 31.6 Å². The van der Waals surface area contributed by atoms with Crippen LogP contribution in [0.5, 0.6) is 0 Å². The highest BCUT2D eigenvalue weighted by Crippen LogP contribution is 2.22. The second kappa shape index (κ2) is 5.89. The van der Waals surface area contributed by atoms with Crippen LogP contribution in [0.1, 0.15) is 27.7 Å². The van der Waals surface area contributed by atoms with E-state index in [1.54, 1.807) is 4.90 Å². The van der Waals surface area contributed by atoms with Crippen LogP contribution in [0.2, 0.25) is 0 Å². The van der Waals surface area contributed by atoms with Gasteiger partial charge in [0.05, 0.1) is 0 Å². The summed E-state index contributed by atoms with van der Waals surface area (Å²) in [6, 6.07) is 0.340. The van der Waals surface area contributed by atoms with Crippen molar-refractivity contribution in [2.45, 2.75) is 39.3 Å². The number of amides is 1. The number of hydrogen-bond donors (Lipinski definition) is 1. The van der Waals surface area contributed by atoms with E-state index >= 15 is 0 Å². The lowest BCUT2D eigenvalue weighted by Gasteiger charge is -2.27. The van der Waals surface area contributed by atoms with Crippen LogP contribution in [0.4, 0.5) is 4.79 Å². The van der Waals surface area contributed by atoms with Crippen molar-refractivity contribution in [3.8, 4) is 0 Å². The summed E-state index contributed by atoms with van der Waals surface area (Å²) in [6.07, 6.45) is -0.229. The Balaban J connectivity index is 2.63. The molecule has 0 aromatic heterocycles. The quantitative estimate of drug-likeness (QED) is 0.823. The van der Waals surface area contributed by atoms with Crippen LogP contribution >= 0.6 is 0 Å². The van der Waals surface area contributed by atoms with Gasteiger partial charge in [0, 0.05) is 25.0 Å². The van der Waals surface area contributed by atoms with Crippen LogP contribution in [-0.2, 0) is 4.74 Å². The molecule has 106 valence electrons. The van der Waals surface area contributed by atoms with Crippen LogP contribution in [0.15, 0.2) is 0 Å². The van der Waals surface area contributed by atoms with Crippen molar-refractivity contribution in [2.24, 2.45) is 11.7 Å². The Morgan fingerprint density at radius 1 is 1.44 bits per heavy atom. The highest BCUT2D eigenvalue weighted by Gasteiger charge is 2.37. The van der Waals surface area contributed by atoms with Crippen LogP contribution in [0, 0.1) is 5.92 Å². The van der Waals surface area contributed by atoms with E-state index in [1.807, 2.05) is 20.8 Å². The van der Waals surface area contributed by atoms with Crippen molar-refractivity contribution in [2.75, 3.05) is 33.2 Å². The molecule has 1 fully saturated rings. The molecule has 0 bridgehead atoms. The Labute approximate surface area is 110 Å². The summed E-state index contributed by atoms with van der Waals surface area (Å²) in [5, 5.41) is 0. The van der Waals surface area contributed by atoms with E-state index in [4.69, 9.17) is 10.5 Å². The highest BCUT2D eigenvalue weighted by atomic mass is 16.6. The van der Waals surface area contributed by atoms with Crippen molar-refractivity contribution in [3.05, 3.63) is 0 Å². The van der Waals surface area contributed by atoms with Gasteiger partial charge in [-0.15, -0.1) is 0 Å². The lowest BCUT2D eigenvalue weighted by molar-refractivity contribution is 0.0280. The number of nitrogens with two attached hydrogens (primary N) is 1. The fraction of sp³-hybridized carbons (Fsp3) is 0.923. The smallest absolute Gasteiger partial charge is 0.410 e. The third-order valence-corrected chi connectivity index (χ3v) is 3.43. The molecule has 0 spiro atoms. The summed E-state index contributed by atoms with van der Waals surface area (Å²) in [5.74, 6) is 0.336. The maximum absolute atomic E-state index is 12.0. The number of rotatable bonds is 3. The first-order valence-electron chi connectivity index (χ1n) is 6.66. The predicted octanol–water partition coefficient (Wildman–Crippen LogP) is 1.13. The first kappa shape index (κ1) is 15.2. The molecule has 1 saturated heterocycles. The Hall–Kier alpha value is -0.810. The second-order valence-electron chi connectivity index (χ2n) is 6.02. The number of likely N-dealkylation sites (N-methyl/N-ethyl adjacent to an activating group) is 1. The van der Waals surface area contributed by atoms with Crippen molar-refractivity contribution >= 4 is 6.09 Å². The minimum absolute atomic E-state index is 0.229. The van der Waals surface area contributed by atoms with Crippen LogP contribution in [0.3, 0.4) is 0 Å². The molecule has 0 aliphatic carbocycles. The third-order valence-electron chi connectivity index (χ3n) is 3.43. The van der Waals surface area contributed by atoms with Crippen molar-refractivity contribution in [3.63, 3.8) is 0 Å². The number of ether oxygens (including phenoxy) is 1. The van der Waals surface area contributed by atoms with Crippen LogP contribution < -0.4 is 5.73 Å². The van der Waals surface area contributed by atoms with Gasteiger partial charge in [0.25, 0.3) is 0 Å². The summed E-state index contributed by atoms with van der Waals surface area (Å²) < 4.78 is 5.40. The molecule has 2 N–H and O–H groups in total. The van der Waals surface area contributed by atoms with Gasteiger partial charge in [-0.1, -0.05) is 6.92 Å². The number of hydrogen-bond acceptors (Lipinski definition) is 4. The van der Waals surface area contributed by atoms with Crippen molar-refractivity contribution in [1.29, 1.82) is 0 Å². The lowest BCUT2D eigenvalue weighted by atomic mass is 10.0. The van der Waals surface area contributed by atoms with Crippen LogP contribution in [0.25, 0.3) is 0 Å². The Morgan fingerprint density at radius 3 is 2.50 bits per heavy atom. The standard InChI is InChI=1S/C13H27N3O2/c1-6-15(5)11-9-16(8-10(11)7-14)12(17)18-13(2,3)4/h10-11H,6-9,14H2,1-5H3/t10-,11-/m0/s1. The Kier molecular flexibility index (Phi) is 4.99. The van der Waals surface area contributed by atoms with E-state index < -0.39 is 5.60 Å². The molecular weight excluding hydrogens is 230 g/mol. The summed E-state index contributed by atoms with van der Waals surface area (Å²) in [5.41, 5.74) is 5.36. The molecule has 0 unspecified atom stereocenters. The van der Waals surface area contributed by atoms with E-state index in [2.05, 4.69) is 18.9 Å². The van der Waals surface area contributed by atoms with E-state index in [0.717, 1.165) is 6.54 Å². The summed E-state index contributed by atoms with van der Waals surface area (Å²) in [6.45, 7) is 10.7. The maximum atomic E-state index is 12.0. The van der Waals surface area contributed by atoms with Gasteiger partial charge in [-0.05, 0) is 40.9 Å². The first-order valence-corrected chi connectivity index (χ1v) is 6.66. The van der Waals surface area contributed by atoms with Crippen molar-refractivity contribution in [1.82, 2.24) is 9.80 Å².